The van der Waals surface area contributed by atoms with Crippen LogP contribution >= 0.6 is 0 Å². The molecule has 1 fully saturated rings. The molecule has 1 aliphatic carbocycles. The van der Waals surface area contributed by atoms with E-state index >= 15 is 0 Å². The van der Waals surface area contributed by atoms with Gasteiger partial charge in [0.25, 0.3) is 0 Å². The Labute approximate surface area is 88.2 Å². The third-order valence-electron chi connectivity index (χ3n) is 2.89. The Balaban J connectivity index is 2.58. The fourth-order valence-corrected chi connectivity index (χ4v) is 2.12. The van der Waals surface area contributed by atoms with Crippen LogP contribution in [0, 0.1) is 5.41 Å². The van der Waals surface area contributed by atoms with E-state index in [9.17, 15) is 0 Å². The van der Waals surface area contributed by atoms with Crippen molar-refractivity contribution in [3.8, 4) is 0 Å². The lowest BCUT2D eigenvalue weighted by Gasteiger charge is -2.41. The second kappa shape index (κ2) is 3.82. The maximum Gasteiger partial charge on any atom is 0.0738 e. The van der Waals surface area contributed by atoms with E-state index in [1.165, 1.54) is 6.42 Å². The summed E-state index contributed by atoms with van der Waals surface area (Å²) in [5.41, 5.74) is 6.40. The molecule has 14 heavy (non-hydrogen) atoms. The molecule has 84 valence electrons. The zero-order chi connectivity index (χ0) is 11.0. The van der Waals surface area contributed by atoms with Crippen molar-refractivity contribution in [1.82, 2.24) is 0 Å². The third-order valence-corrected chi connectivity index (χ3v) is 2.89. The third kappa shape index (κ3) is 3.58. The summed E-state index contributed by atoms with van der Waals surface area (Å²) in [5, 5.41) is 0. The first-order valence-electron chi connectivity index (χ1n) is 5.63. The van der Waals surface area contributed by atoms with Crippen LogP contribution in [0.15, 0.2) is 0 Å². The SMILES string of the molecule is CC1(C)CCC(N)C(OC(C)(C)C)C1. The zero-order valence-electron chi connectivity index (χ0n) is 10.3. The average Bonchev–Trinajstić information content (AvgIpc) is 1.93. The summed E-state index contributed by atoms with van der Waals surface area (Å²) >= 11 is 0. The summed E-state index contributed by atoms with van der Waals surface area (Å²) in [6.07, 6.45) is 3.64. The van der Waals surface area contributed by atoms with Crippen LogP contribution < -0.4 is 5.73 Å². The van der Waals surface area contributed by atoms with Gasteiger partial charge in [0, 0.05) is 6.04 Å². The van der Waals surface area contributed by atoms with Crippen molar-refractivity contribution in [3.05, 3.63) is 0 Å². The highest BCUT2D eigenvalue weighted by Gasteiger charge is 2.35. The topological polar surface area (TPSA) is 35.2 Å². The van der Waals surface area contributed by atoms with Crippen LogP contribution in [0.25, 0.3) is 0 Å². The van der Waals surface area contributed by atoms with Gasteiger partial charge in [-0.3, -0.25) is 0 Å². The molecule has 0 bridgehead atoms. The largest absolute Gasteiger partial charge is 0.371 e. The summed E-state index contributed by atoms with van der Waals surface area (Å²) in [7, 11) is 0. The number of rotatable bonds is 1. The summed E-state index contributed by atoms with van der Waals surface area (Å²) in [4.78, 5) is 0. The van der Waals surface area contributed by atoms with E-state index in [2.05, 4.69) is 34.6 Å². The van der Waals surface area contributed by atoms with Gasteiger partial charge in [-0.05, 0) is 45.4 Å². The molecule has 0 heterocycles. The normalized spacial score (nSPS) is 33.0. The van der Waals surface area contributed by atoms with Crippen molar-refractivity contribution in [1.29, 1.82) is 0 Å². The molecule has 1 saturated carbocycles. The van der Waals surface area contributed by atoms with Gasteiger partial charge in [-0.2, -0.15) is 0 Å². The minimum atomic E-state index is -0.0737. The molecule has 0 aromatic carbocycles. The summed E-state index contributed by atoms with van der Waals surface area (Å²) in [6, 6.07) is 0.224. The molecule has 2 atom stereocenters. The van der Waals surface area contributed by atoms with Gasteiger partial charge >= 0.3 is 0 Å². The van der Waals surface area contributed by atoms with E-state index in [4.69, 9.17) is 10.5 Å². The van der Waals surface area contributed by atoms with Crippen molar-refractivity contribution in [2.24, 2.45) is 11.1 Å². The van der Waals surface area contributed by atoms with Gasteiger partial charge in [0.2, 0.25) is 0 Å². The van der Waals surface area contributed by atoms with E-state index in [1.54, 1.807) is 0 Å². The number of nitrogens with two attached hydrogens (primary N) is 1. The van der Waals surface area contributed by atoms with E-state index < -0.39 is 0 Å². The highest BCUT2D eigenvalue weighted by molar-refractivity contribution is 4.89. The maximum atomic E-state index is 6.08. The molecule has 0 spiro atoms. The number of ether oxygens (including phenoxy) is 1. The fourth-order valence-electron chi connectivity index (χ4n) is 2.12. The molecule has 0 amide bonds. The van der Waals surface area contributed by atoms with Crippen LogP contribution in [-0.2, 0) is 4.74 Å². The zero-order valence-corrected chi connectivity index (χ0v) is 10.3. The van der Waals surface area contributed by atoms with Crippen LogP contribution in [0.3, 0.4) is 0 Å². The van der Waals surface area contributed by atoms with Crippen LogP contribution in [0.5, 0.6) is 0 Å². The molecule has 2 heteroatoms. The number of hydrogen-bond acceptors (Lipinski definition) is 2. The summed E-state index contributed by atoms with van der Waals surface area (Å²) in [5.74, 6) is 0. The molecule has 2 nitrogen and oxygen atoms in total. The molecule has 2 unspecified atom stereocenters. The Hall–Kier alpha value is -0.0800. The molecule has 0 aliphatic heterocycles. The Morgan fingerprint density at radius 2 is 1.86 bits per heavy atom. The molecule has 1 aliphatic rings. The van der Waals surface area contributed by atoms with Gasteiger partial charge < -0.3 is 10.5 Å². The average molecular weight is 199 g/mol. The van der Waals surface area contributed by atoms with Crippen molar-refractivity contribution in [2.45, 2.75) is 71.6 Å². The highest BCUT2D eigenvalue weighted by atomic mass is 16.5. The minimum Gasteiger partial charge on any atom is -0.371 e. The van der Waals surface area contributed by atoms with E-state index in [-0.39, 0.29) is 17.7 Å². The Morgan fingerprint density at radius 3 is 2.36 bits per heavy atom. The van der Waals surface area contributed by atoms with Crippen LogP contribution in [0.4, 0.5) is 0 Å². The van der Waals surface area contributed by atoms with E-state index in [1.807, 2.05) is 0 Å². The predicted octanol–water partition coefficient (Wildman–Crippen LogP) is 2.71. The second-order valence-corrected chi connectivity index (χ2v) is 6.34. The quantitative estimate of drug-likeness (QED) is 0.704. The van der Waals surface area contributed by atoms with Gasteiger partial charge in [-0.15, -0.1) is 0 Å². The van der Waals surface area contributed by atoms with Crippen molar-refractivity contribution in [2.75, 3.05) is 0 Å². The molecule has 0 saturated heterocycles. The number of hydrogen-bond donors (Lipinski definition) is 1. The monoisotopic (exact) mass is 199 g/mol. The Morgan fingerprint density at radius 1 is 1.29 bits per heavy atom. The second-order valence-electron chi connectivity index (χ2n) is 6.34. The summed E-state index contributed by atoms with van der Waals surface area (Å²) in [6.45, 7) is 10.9. The van der Waals surface area contributed by atoms with Gasteiger partial charge in [0.15, 0.2) is 0 Å². The van der Waals surface area contributed by atoms with Crippen LogP contribution in [0.2, 0.25) is 0 Å². The maximum absolute atomic E-state index is 6.08. The highest BCUT2D eigenvalue weighted by Crippen LogP contribution is 2.37. The van der Waals surface area contributed by atoms with Crippen molar-refractivity contribution >= 4 is 0 Å². The lowest BCUT2D eigenvalue weighted by atomic mass is 9.74. The predicted molar refractivity (Wildman–Crippen MR) is 60.2 cm³/mol. The molecular weight excluding hydrogens is 174 g/mol. The van der Waals surface area contributed by atoms with Gasteiger partial charge in [0.05, 0.1) is 11.7 Å². The summed E-state index contributed by atoms with van der Waals surface area (Å²) < 4.78 is 6.00. The Bertz CT molecular complexity index is 191. The molecule has 0 aromatic rings. The van der Waals surface area contributed by atoms with Gasteiger partial charge in [0.1, 0.15) is 0 Å². The lowest BCUT2D eigenvalue weighted by Crippen LogP contribution is -2.47. The van der Waals surface area contributed by atoms with Gasteiger partial charge in [-0.25, -0.2) is 0 Å². The molecule has 0 aromatic heterocycles. The lowest BCUT2D eigenvalue weighted by molar-refractivity contribution is -0.0994. The standard InChI is InChI=1S/C12H25NO/c1-11(2,3)14-10-8-12(4,5)7-6-9(10)13/h9-10H,6-8,13H2,1-5H3. The smallest absolute Gasteiger partial charge is 0.0738 e. The van der Waals surface area contributed by atoms with Crippen LogP contribution in [0.1, 0.15) is 53.9 Å². The first-order valence-corrected chi connectivity index (χ1v) is 5.63. The minimum absolute atomic E-state index is 0.0737. The molecule has 2 N–H and O–H groups in total. The molecule has 1 rings (SSSR count). The Kier molecular flexibility index (Phi) is 3.27. The first kappa shape index (κ1) is 12.0. The van der Waals surface area contributed by atoms with Gasteiger partial charge in [-0.1, -0.05) is 13.8 Å². The first-order chi connectivity index (χ1) is 6.20. The van der Waals surface area contributed by atoms with Crippen molar-refractivity contribution in [3.63, 3.8) is 0 Å². The molecule has 0 radical (unpaired) electrons. The van der Waals surface area contributed by atoms with Crippen molar-refractivity contribution < 1.29 is 4.74 Å². The van der Waals surface area contributed by atoms with E-state index in [0.29, 0.717) is 5.41 Å². The van der Waals surface area contributed by atoms with Crippen LogP contribution in [-0.4, -0.2) is 17.7 Å². The van der Waals surface area contributed by atoms with E-state index in [0.717, 1.165) is 12.8 Å². The fraction of sp³-hybridized carbons (Fsp3) is 1.00. The molecular formula is C12H25NO.